The van der Waals surface area contributed by atoms with Crippen molar-refractivity contribution in [1.82, 2.24) is 9.97 Å². The first-order valence-electron chi connectivity index (χ1n) is 17.9. The van der Waals surface area contributed by atoms with Gasteiger partial charge in [0.25, 0.3) is 0 Å². The lowest BCUT2D eigenvalue weighted by atomic mass is 9.81. The van der Waals surface area contributed by atoms with Crippen LogP contribution in [-0.2, 0) is 5.41 Å². The van der Waals surface area contributed by atoms with E-state index in [1.165, 1.54) is 33.4 Å². The maximum atomic E-state index is 9.65. The molecule has 0 saturated heterocycles. The molecule has 3 heteroatoms. The highest BCUT2D eigenvalue weighted by molar-refractivity contribution is 5.87. The van der Waals surface area contributed by atoms with E-state index >= 15 is 0 Å². The molecule has 0 radical (unpaired) electrons. The molecule has 0 fully saturated rings. The van der Waals surface area contributed by atoms with Gasteiger partial charge in [-0.2, -0.15) is 5.26 Å². The molecule has 0 spiro atoms. The summed E-state index contributed by atoms with van der Waals surface area (Å²) < 4.78 is 0. The Bertz CT molecular complexity index is 2670. The van der Waals surface area contributed by atoms with Crippen LogP contribution in [0.15, 0.2) is 176 Å². The monoisotopic (exact) mass is 677 g/mol. The molecule has 9 rings (SSSR count). The summed E-state index contributed by atoms with van der Waals surface area (Å²) in [7, 11) is 0. The first-order valence-corrected chi connectivity index (χ1v) is 17.9. The number of hydrogen-bond acceptors (Lipinski definition) is 3. The van der Waals surface area contributed by atoms with Crippen LogP contribution in [0.3, 0.4) is 0 Å². The predicted molar refractivity (Wildman–Crippen MR) is 217 cm³/mol. The molecular weight excluding hydrogens is 643 g/mol. The van der Waals surface area contributed by atoms with Crippen LogP contribution in [0, 0.1) is 11.3 Å². The second-order valence-corrected chi connectivity index (χ2v) is 14.2. The summed E-state index contributed by atoms with van der Waals surface area (Å²) in [6.07, 6.45) is 3.73. The normalized spacial score (nSPS) is 12.5. The first-order chi connectivity index (χ1) is 25.9. The van der Waals surface area contributed by atoms with Gasteiger partial charge in [-0.1, -0.05) is 123 Å². The summed E-state index contributed by atoms with van der Waals surface area (Å²) in [6.45, 7) is 4.51. The largest absolute Gasteiger partial charge is 0.264 e. The molecule has 8 aromatic rings. The van der Waals surface area contributed by atoms with Crippen molar-refractivity contribution < 1.29 is 0 Å². The number of nitrogens with zero attached hydrogens (tertiary/aromatic N) is 3. The van der Waals surface area contributed by atoms with Crippen LogP contribution in [0.25, 0.3) is 78.1 Å². The van der Waals surface area contributed by atoms with Gasteiger partial charge < -0.3 is 0 Å². The zero-order valence-corrected chi connectivity index (χ0v) is 29.6. The zero-order chi connectivity index (χ0) is 35.9. The molecule has 0 amide bonds. The second-order valence-electron chi connectivity index (χ2n) is 14.2. The summed E-state index contributed by atoms with van der Waals surface area (Å²) in [6, 6.07) is 60.2. The second kappa shape index (κ2) is 13.0. The van der Waals surface area contributed by atoms with Crippen LogP contribution >= 0.6 is 0 Å². The lowest BCUT2D eigenvalue weighted by molar-refractivity contribution is 0.660. The minimum absolute atomic E-state index is 0.242. The molecular formula is C50H35N3. The summed E-state index contributed by atoms with van der Waals surface area (Å²) in [5, 5.41) is 9.65. The molecule has 53 heavy (non-hydrogen) atoms. The SMILES string of the molecule is CC1(C)c2cc(C#N)ccc2-c2ccc(-c3cc(-c4cccnc4)cc(-c4cc(-c5ccc(-c6ccccc6)cc5)cc(-c5ccccc5)n4)c3)cc21. The molecule has 2 aromatic heterocycles. The highest BCUT2D eigenvalue weighted by Crippen LogP contribution is 2.50. The third kappa shape index (κ3) is 5.91. The fraction of sp³-hybridized carbons (Fsp3) is 0.0600. The van der Waals surface area contributed by atoms with E-state index in [0.717, 1.165) is 55.9 Å². The average molecular weight is 678 g/mol. The number of benzene rings is 6. The van der Waals surface area contributed by atoms with Crippen molar-refractivity contribution in [2.75, 3.05) is 0 Å². The highest BCUT2D eigenvalue weighted by Gasteiger charge is 2.35. The highest BCUT2D eigenvalue weighted by atomic mass is 14.7. The number of fused-ring (bicyclic) bond motifs is 3. The molecule has 0 bridgehead atoms. The minimum Gasteiger partial charge on any atom is -0.264 e. The fourth-order valence-electron chi connectivity index (χ4n) is 7.72. The van der Waals surface area contributed by atoms with Gasteiger partial charge in [0, 0.05) is 34.5 Å². The maximum absolute atomic E-state index is 9.65. The van der Waals surface area contributed by atoms with Crippen molar-refractivity contribution in [2.45, 2.75) is 19.3 Å². The molecule has 1 aliphatic rings. The average Bonchev–Trinajstić information content (AvgIpc) is 3.46. The van der Waals surface area contributed by atoms with E-state index < -0.39 is 0 Å². The van der Waals surface area contributed by atoms with Crippen LogP contribution in [0.1, 0.15) is 30.5 Å². The first kappa shape index (κ1) is 32.0. The molecule has 250 valence electrons. The topological polar surface area (TPSA) is 49.6 Å². The third-order valence-electron chi connectivity index (χ3n) is 10.6. The molecule has 2 heterocycles. The van der Waals surface area contributed by atoms with Crippen LogP contribution in [-0.4, -0.2) is 9.97 Å². The van der Waals surface area contributed by atoms with E-state index in [1.807, 2.05) is 42.7 Å². The van der Waals surface area contributed by atoms with Gasteiger partial charge in [0.15, 0.2) is 0 Å². The Hall–Kier alpha value is -6.89. The van der Waals surface area contributed by atoms with Crippen molar-refractivity contribution in [1.29, 1.82) is 5.26 Å². The van der Waals surface area contributed by atoms with E-state index in [2.05, 4.69) is 158 Å². The molecule has 3 nitrogen and oxygen atoms in total. The Morgan fingerprint density at radius 2 is 0.943 bits per heavy atom. The molecule has 0 N–H and O–H groups in total. The summed E-state index contributed by atoms with van der Waals surface area (Å²) >= 11 is 0. The van der Waals surface area contributed by atoms with Gasteiger partial charge in [-0.25, -0.2) is 4.98 Å². The van der Waals surface area contributed by atoms with Crippen LogP contribution in [0.2, 0.25) is 0 Å². The van der Waals surface area contributed by atoms with Gasteiger partial charge in [0.05, 0.1) is 23.0 Å². The number of pyridine rings is 2. The molecule has 0 aliphatic heterocycles. The summed E-state index contributed by atoms with van der Waals surface area (Å²) in [5.74, 6) is 0. The van der Waals surface area contributed by atoms with Gasteiger partial charge in [0.2, 0.25) is 0 Å². The molecule has 1 aliphatic carbocycles. The Labute approximate surface area is 310 Å². The fourth-order valence-corrected chi connectivity index (χ4v) is 7.72. The van der Waals surface area contributed by atoms with Crippen molar-refractivity contribution in [2.24, 2.45) is 0 Å². The number of rotatable bonds is 6. The van der Waals surface area contributed by atoms with E-state index in [-0.39, 0.29) is 5.41 Å². The minimum atomic E-state index is -0.242. The van der Waals surface area contributed by atoms with Crippen molar-refractivity contribution in [3.05, 3.63) is 193 Å². The molecule has 6 aromatic carbocycles. The molecule has 0 unspecified atom stereocenters. The maximum Gasteiger partial charge on any atom is 0.0991 e. The third-order valence-corrected chi connectivity index (χ3v) is 10.6. The van der Waals surface area contributed by atoms with Gasteiger partial charge in [-0.05, 0) is 116 Å². The standard InChI is InChI=1S/C50H35N3/c1-50(2)46-24-33(31-51)15-21-44(46)45-22-20-38(28-47(45)50)40-25-41(39-14-9-23-52-32-39)27-43(26-40)49-30-42(29-48(53-49)37-12-7-4-8-13-37)36-18-16-35(17-19-36)34-10-5-3-6-11-34/h3-30,32H,1-2H3. The zero-order valence-electron chi connectivity index (χ0n) is 29.6. The Balaban J connectivity index is 1.20. The van der Waals surface area contributed by atoms with E-state index in [0.29, 0.717) is 5.56 Å². The predicted octanol–water partition coefficient (Wildman–Crippen LogP) is 12.7. The van der Waals surface area contributed by atoms with Gasteiger partial charge in [-0.15, -0.1) is 0 Å². The van der Waals surface area contributed by atoms with Crippen molar-refractivity contribution in [3.63, 3.8) is 0 Å². The van der Waals surface area contributed by atoms with Crippen LogP contribution < -0.4 is 0 Å². The lowest BCUT2D eigenvalue weighted by Crippen LogP contribution is -2.15. The number of nitriles is 1. The molecule has 0 saturated carbocycles. The van der Waals surface area contributed by atoms with E-state index in [4.69, 9.17) is 4.98 Å². The van der Waals surface area contributed by atoms with Gasteiger partial charge in [-0.3, -0.25) is 4.98 Å². The van der Waals surface area contributed by atoms with E-state index in [1.54, 1.807) is 0 Å². The lowest BCUT2D eigenvalue weighted by Gasteiger charge is -2.22. The quantitative estimate of drug-likeness (QED) is 0.176. The van der Waals surface area contributed by atoms with Crippen molar-refractivity contribution >= 4 is 0 Å². The Kier molecular flexibility index (Phi) is 7.87. The van der Waals surface area contributed by atoms with Crippen LogP contribution in [0.4, 0.5) is 0 Å². The number of hydrogen-bond donors (Lipinski definition) is 0. The smallest absolute Gasteiger partial charge is 0.0991 e. The summed E-state index contributed by atoms with van der Waals surface area (Å²) in [5.41, 5.74) is 18.2. The van der Waals surface area contributed by atoms with Crippen molar-refractivity contribution in [3.8, 4) is 84.2 Å². The number of aromatic nitrogens is 2. The Morgan fingerprint density at radius 1 is 0.434 bits per heavy atom. The van der Waals surface area contributed by atoms with Crippen LogP contribution in [0.5, 0.6) is 0 Å². The molecule has 0 atom stereocenters. The Morgan fingerprint density at radius 3 is 1.60 bits per heavy atom. The van der Waals surface area contributed by atoms with Gasteiger partial charge >= 0.3 is 0 Å². The van der Waals surface area contributed by atoms with E-state index in [9.17, 15) is 5.26 Å². The summed E-state index contributed by atoms with van der Waals surface area (Å²) in [4.78, 5) is 9.78. The van der Waals surface area contributed by atoms with Gasteiger partial charge in [0.1, 0.15) is 0 Å².